The molecule has 1 aliphatic heterocycles. The molecule has 0 radical (unpaired) electrons. The largest absolute Gasteiger partial charge is 0.492 e. The van der Waals surface area contributed by atoms with Gasteiger partial charge in [0.25, 0.3) is 5.91 Å². The molecular weight excluding hydrogens is 449 g/mol. The van der Waals surface area contributed by atoms with Crippen LogP contribution in [0, 0.1) is 0 Å². The van der Waals surface area contributed by atoms with Crippen molar-refractivity contribution >= 4 is 30.7 Å². The summed E-state index contributed by atoms with van der Waals surface area (Å²) < 4.78 is 7.48. The molecule has 1 aromatic heterocycles. The van der Waals surface area contributed by atoms with Gasteiger partial charge in [-0.15, -0.1) is 24.8 Å². The molecular formula is C23H29Cl2N5O2. The van der Waals surface area contributed by atoms with E-state index >= 15 is 0 Å². The highest BCUT2D eigenvalue weighted by atomic mass is 35.5. The molecule has 0 atom stereocenters. The van der Waals surface area contributed by atoms with Gasteiger partial charge in [-0.25, -0.2) is 9.67 Å². The van der Waals surface area contributed by atoms with Crippen LogP contribution in [0.3, 0.4) is 0 Å². The molecule has 9 heteroatoms. The van der Waals surface area contributed by atoms with Crippen LogP contribution in [0.2, 0.25) is 0 Å². The minimum atomic E-state index is 0. The first-order valence-corrected chi connectivity index (χ1v) is 10.3. The van der Waals surface area contributed by atoms with Crippen molar-refractivity contribution in [3.8, 4) is 11.4 Å². The van der Waals surface area contributed by atoms with Crippen molar-refractivity contribution in [2.24, 2.45) is 0 Å². The highest BCUT2D eigenvalue weighted by Crippen LogP contribution is 2.18. The van der Waals surface area contributed by atoms with Crippen LogP contribution in [-0.4, -0.2) is 69.8 Å². The number of likely N-dealkylation sites (N-methyl/N-ethyl adjacent to an activating group) is 1. The Morgan fingerprint density at radius 1 is 1.06 bits per heavy atom. The Morgan fingerprint density at radius 3 is 2.38 bits per heavy atom. The molecule has 1 fully saturated rings. The van der Waals surface area contributed by atoms with Gasteiger partial charge in [0.1, 0.15) is 25.0 Å². The number of hydrogen-bond donors (Lipinski definition) is 0. The summed E-state index contributed by atoms with van der Waals surface area (Å²) in [5.74, 6) is 0.995. The number of benzene rings is 2. The third kappa shape index (κ3) is 6.45. The topological polar surface area (TPSA) is 63.5 Å². The van der Waals surface area contributed by atoms with Crippen LogP contribution < -0.4 is 4.74 Å². The lowest BCUT2D eigenvalue weighted by molar-refractivity contribution is 0.0633. The Kier molecular flexibility index (Phi) is 9.97. The molecule has 0 aliphatic carbocycles. The zero-order valence-corrected chi connectivity index (χ0v) is 19.7. The zero-order chi connectivity index (χ0) is 20.8. The van der Waals surface area contributed by atoms with E-state index in [1.165, 1.54) is 6.33 Å². The maximum absolute atomic E-state index is 12.9. The number of halogens is 2. The fourth-order valence-corrected chi connectivity index (χ4v) is 3.80. The van der Waals surface area contributed by atoms with Gasteiger partial charge in [0.15, 0.2) is 0 Å². The summed E-state index contributed by atoms with van der Waals surface area (Å²) >= 11 is 0. The van der Waals surface area contributed by atoms with Crippen LogP contribution in [0.5, 0.6) is 5.75 Å². The average molecular weight is 478 g/mol. The molecule has 0 saturated carbocycles. The molecule has 0 N–H and O–H groups in total. The monoisotopic (exact) mass is 477 g/mol. The summed E-state index contributed by atoms with van der Waals surface area (Å²) in [7, 11) is 2.14. The van der Waals surface area contributed by atoms with Gasteiger partial charge in [-0.1, -0.05) is 18.2 Å². The second-order valence-electron chi connectivity index (χ2n) is 7.55. The summed E-state index contributed by atoms with van der Waals surface area (Å²) in [6.45, 7) is 3.09. The van der Waals surface area contributed by atoms with Crippen molar-refractivity contribution in [2.75, 3.05) is 33.3 Å². The molecule has 172 valence electrons. The molecule has 2 heterocycles. The van der Waals surface area contributed by atoms with Gasteiger partial charge in [-0.05, 0) is 56.3 Å². The summed E-state index contributed by atoms with van der Waals surface area (Å²) in [5, 5.41) is 4.11. The second-order valence-corrected chi connectivity index (χ2v) is 7.55. The maximum Gasteiger partial charge on any atom is 0.253 e. The number of carbonyl (C=O) groups excluding carboxylic acids is 1. The van der Waals surface area contributed by atoms with Crippen molar-refractivity contribution in [2.45, 2.75) is 18.9 Å². The number of likely N-dealkylation sites (tertiary alicyclic amines) is 1. The lowest BCUT2D eigenvalue weighted by Gasteiger charge is -2.36. The minimum Gasteiger partial charge on any atom is -0.492 e. The number of piperidine rings is 1. The van der Waals surface area contributed by atoms with Gasteiger partial charge in [0.2, 0.25) is 0 Å². The highest BCUT2D eigenvalue weighted by Gasteiger charge is 2.25. The standard InChI is InChI=1S/C23H27N5O2.2ClH/c1-26(15-16-30-22-5-3-2-4-6-22)20-11-13-27(14-12-20)23(29)19-7-9-21(10-8-19)28-18-24-17-25-28;;/h2-10,17-18,20H,11-16H2,1H3;2*1H. The van der Waals surface area contributed by atoms with Gasteiger partial charge in [-0.3, -0.25) is 9.69 Å². The van der Waals surface area contributed by atoms with Crippen LogP contribution in [0.15, 0.2) is 67.3 Å². The third-order valence-electron chi connectivity index (χ3n) is 5.63. The number of aromatic nitrogens is 3. The van der Waals surface area contributed by atoms with Gasteiger partial charge >= 0.3 is 0 Å². The van der Waals surface area contributed by atoms with E-state index < -0.39 is 0 Å². The van der Waals surface area contributed by atoms with Crippen LogP contribution in [0.4, 0.5) is 0 Å². The van der Waals surface area contributed by atoms with Crippen molar-refractivity contribution in [3.05, 3.63) is 72.8 Å². The van der Waals surface area contributed by atoms with E-state index in [0.29, 0.717) is 18.2 Å². The third-order valence-corrected chi connectivity index (χ3v) is 5.63. The highest BCUT2D eigenvalue weighted by molar-refractivity contribution is 5.94. The second kappa shape index (κ2) is 12.4. The van der Waals surface area contributed by atoms with E-state index in [1.807, 2.05) is 59.5 Å². The molecule has 0 spiro atoms. The SMILES string of the molecule is CN(CCOc1ccccc1)C1CCN(C(=O)c2ccc(-n3cncn3)cc2)CC1.Cl.Cl. The molecule has 4 rings (SSSR count). The minimum absolute atomic E-state index is 0. The molecule has 1 saturated heterocycles. The van der Waals surface area contributed by atoms with E-state index in [0.717, 1.165) is 43.9 Å². The van der Waals surface area contributed by atoms with E-state index in [9.17, 15) is 4.79 Å². The van der Waals surface area contributed by atoms with Gasteiger partial charge < -0.3 is 9.64 Å². The Labute approximate surface area is 201 Å². The first-order valence-electron chi connectivity index (χ1n) is 10.3. The Hall–Kier alpha value is -2.61. The number of amides is 1. The summed E-state index contributed by atoms with van der Waals surface area (Å²) in [6, 6.07) is 17.9. The fourth-order valence-electron chi connectivity index (χ4n) is 3.80. The molecule has 1 aliphatic rings. The summed E-state index contributed by atoms with van der Waals surface area (Å²) in [5.41, 5.74) is 1.60. The van der Waals surface area contributed by atoms with Gasteiger partial charge in [0, 0.05) is 31.2 Å². The number of rotatable bonds is 7. The molecule has 0 unspecified atom stereocenters. The van der Waals surface area contributed by atoms with Crippen molar-refractivity contribution in [1.29, 1.82) is 0 Å². The van der Waals surface area contributed by atoms with Gasteiger partial charge in [-0.2, -0.15) is 5.10 Å². The number of hydrogen-bond acceptors (Lipinski definition) is 5. The quantitative estimate of drug-likeness (QED) is 0.518. The molecule has 2 aromatic carbocycles. The molecule has 32 heavy (non-hydrogen) atoms. The van der Waals surface area contributed by atoms with Gasteiger partial charge in [0.05, 0.1) is 5.69 Å². The molecule has 1 amide bonds. The zero-order valence-electron chi connectivity index (χ0n) is 18.0. The van der Waals surface area contributed by atoms with E-state index in [1.54, 1.807) is 11.0 Å². The number of carbonyl (C=O) groups is 1. The lowest BCUT2D eigenvalue weighted by Crippen LogP contribution is -2.46. The predicted octanol–water partition coefficient (Wildman–Crippen LogP) is 3.73. The van der Waals surface area contributed by atoms with Crippen LogP contribution in [-0.2, 0) is 0 Å². The smallest absolute Gasteiger partial charge is 0.253 e. The van der Waals surface area contributed by atoms with Crippen LogP contribution in [0.25, 0.3) is 5.69 Å². The maximum atomic E-state index is 12.9. The Bertz CT molecular complexity index is 931. The normalized spacial score (nSPS) is 13.9. The number of para-hydroxylation sites is 1. The lowest BCUT2D eigenvalue weighted by atomic mass is 10.0. The summed E-state index contributed by atoms with van der Waals surface area (Å²) in [6.07, 6.45) is 5.09. The number of ether oxygens (including phenoxy) is 1. The Balaban J connectivity index is 0.00000181. The first kappa shape index (κ1) is 25.6. The Morgan fingerprint density at radius 2 is 1.75 bits per heavy atom. The van der Waals surface area contributed by atoms with E-state index in [-0.39, 0.29) is 30.7 Å². The molecule has 3 aromatic rings. The van der Waals surface area contributed by atoms with Crippen LogP contribution in [0.1, 0.15) is 23.2 Å². The molecule has 0 bridgehead atoms. The predicted molar refractivity (Wildman–Crippen MR) is 129 cm³/mol. The first-order chi connectivity index (χ1) is 14.7. The number of nitrogens with zero attached hydrogens (tertiary/aromatic N) is 5. The van der Waals surface area contributed by atoms with E-state index in [4.69, 9.17) is 4.74 Å². The summed E-state index contributed by atoms with van der Waals surface area (Å²) in [4.78, 5) is 21.1. The van der Waals surface area contributed by atoms with Crippen molar-refractivity contribution < 1.29 is 9.53 Å². The van der Waals surface area contributed by atoms with Crippen LogP contribution >= 0.6 is 24.8 Å². The average Bonchev–Trinajstić information content (AvgIpc) is 3.34. The van der Waals surface area contributed by atoms with Crippen molar-refractivity contribution in [1.82, 2.24) is 24.6 Å². The van der Waals surface area contributed by atoms with E-state index in [2.05, 4.69) is 22.0 Å². The fraction of sp³-hybridized carbons (Fsp3) is 0.348. The van der Waals surface area contributed by atoms with Crippen molar-refractivity contribution in [3.63, 3.8) is 0 Å². The molecule has 7 nitrogen and oxygen atoms in total.